The SMILES string of the molecule is CN(C(=O)CNc1c(Br)cc(Cl)cc1Br)C1CC1. The molecule has 0 heterocycles. The molecule has 0 bridgehead atoms. The Morgan fingerprint density at radius 3 is 2.50 bits per heavy atom. The molecule has 0 spiro atoms. The minimum atomic E-state index is 0.103. The minimum absolute atomic E-state index is 0.103. The molecule has 0 aliphatic heterocycles. The number of halogens is 3. The summed E-state index contributed by atoms with van der Waals surface area (Å²) < 4.78 is 1.67. The topological polar surface area (TPSA) is 32.3 Å². The van der Waals surface area contributed by atoms with Crippen molar-refractivity contribution in [3.63, 3.8) is 0 Å². The first-order chi connectivity index (χ1) is 8.49. The molecular weight excluding hydrogens is 383 g/mol. The average molecular weight is 397 g/mol. The second-order valence-electron chi connectivity index (χ2n) is 4.33. The smallest absolute Gasteiger partial charge is 0.241 e. The van der Waals surface area contributed by atoms with E-state index in [-0.39, 0.29) is 12.5 Å². The van der Waals surface area contributed by atoms with Crippen LogP contribution in [0.1, 0.15) is 12.8 Å². The lowest BCUT2D eigenvalue weighted by atomic mass is 10.3. The maximum absolute atomic E-state index is 11.9. The fourth-order valence-corrected chi connectivity index (χ4v) is 3.61. The maximum Gasteiger partial charge on any atom is 0.241 e. The van der Waals surface area contributed by atoms with Crippen molar-refractivity contribution in [1.29, 1.82) is 0 Å². The number of anilines is 1. The summed E-state index contributed by atoms with van der Waals surface area (Å²) >= 11 is 12.8. The van der Waals surface area contributed by atoms with E-state index in [2.05, 4.69) is 37.2 Å². The van der Waals surface area contributed by atoms with E-state index in [9.17, 15) is 4.79 Å². The molecule has 98 valence electrons. The Hall–Kier alpha value is -0.260. The van der Waals surface area contributed by atoms with Gasteiger partial charge >= 0.3 is 0 Å². The molecule has 1 fully saturated rings. The van der Waals surface area contributed by atoms with E-state index in [4.69, 9.17) is 11.6 Å². The highest BCUT2D eigenvalue weighted by atomic mass is 79.9. The lowest BCUT2D eigenvalue weighted by Crippen LogP contribution is -2.33. The van der Waals surface area contributed by atoms with Crippen LogP contribution in [0.2, 0.25) is 5.02 Å². The van der Waals surface area contributed by atoms with Crippen molar-refractivity contribution in [1.82, 2.24) is 4.90 Å². The van der Waals surface area contributed by atoms with Crippen LogP contribution in [0.4, 0.5) is 5.69 Å². The zero-order chi connectivity index (χ0) is 13.3. The van der Waals surface area contributed by atoms with Gasteiger partial charge in [-0.3, -0.25) is 4.79 Å². The highest BCUT2D eigenvalue weighted by molar-refractivity contribution is 9.11. The fraction of sp³-hybridized carbons (Fsp3) is 0.417. The molecule has 0 atom stereocenters. The van der Waals surface area contributed by atoms with Crippen LogP contribution in [0.5, 0.6) is 0 Å². The fourth-order valence-electron chi connectivity index (χ4n) is 1.67. The van der Waals surface area contributed by atoms with Crippen LogP contribution in [0.25, 0.3) is 0 Å². The van der Waals surface area contributed by atoms with Crippen molar-refractivity contribution < 1.29 is 4.79 Å². The van der Waals surface area contributed by atoms with E-state index >= 15 is 0 Å². The summed E-state index contributed by atoms with van der Waals surface area (Å²) in [6.45, 7) is 0.284. The van der Waals surface area contributed by atoms with E-state index < -0.39 is 0 Å². The minimum Gasteiger partial charge on any atom is -0.374 e. The molecule has 1 aliphatic rings. The molecule has 6 heteroatoms. The molecule has 1 aromatic carbocycles. The molecule has 1 aliphatic carbocycles. The van der Waals surface area contributed by atoms with Gasteiger partial charge in [-0.25, -0.2) is 0 Å². The predicted molar refractivity (Wildman–Crippen MR) is 81.1 cm³/mol. The van der Waals surface area contributed by atoms with Gasteiger partial charge in [0.2, 0.25) is 5.91 Å². The van der Waals surface area contributed by atoms with Crippen molar-refractivity contribution in [2.75, 3.05) is 18.9 Å². The van der Waals surface area contributed by atoms with Gasteiger partial charge < -0.3 is 10.2 Å². The third-order valence-electron chi connectivity index (χ3n) is 2.91. The standard InChI is InChI=1S/C12H13Br2ClN2O/c1-17(8-2-3-8)11(18)6-16-12-9(13)4-7(15)5-10(12)14/h4-5,8,16H,2-3,6H2,1H3. The van der Waals surface area contributed by atoms with Gasteiger partial charge in [0.15, 0.2) is 0 Å². The number of hydrogen-bond donors (Lipinski definition) is 1. The summed E-state index contributed by atoms with van der Waals surface area (Å²) in [6.07, 6.45) is 2.24. The Balaban J connectivity index is 1.99. The number of nitrogens with zero attached hydrogens (tertiary/aromatic N) is 1. The van der Waals surface area contributed by atoms with Gasteiger partial charge in [0.05, 0.1) is 12.2 Å². The Morgan fingerprint density at radius 2 is 2.00 bits per heavy atom. The predicted octanol–water partition coefficient (Wildman–Crippen LogP) is 3.90. The monoisotopic (exact) mass is 394 g/mol. The van der Waals surface area contributed by atoms with Crippen molar-refractivity contribution in [3.8, 4) is 0 Å². The Kier molecular flexibility index (Phi) is 4.56. The molecule has 3 nitrogen and oxygen atoms in total. The molecular formula is C12H13Br2ClN2O. The number of nitrogens with one attached hydrogen (secondary N) is 1. The highest BCUT2D eigenvalue weighted by Crippen LogP contribution is 2.34. The zero-order valence-corrected chi connectivity index (χ0v) is 13.8. The summed E-state index contributed by atoms with van der Waals surface area (Å²) in [5.41, 5.74) is 0.844. The van der Waals surface area contributed by atoms with E-state index in [0.717, 1.165) is 27.5 Å². The first kappa shape index (κ1) is 14.2. The normalized spacial score (nSPS) is 14.4. The lowest BCUT2D eigenvalue weighted by Gasteiger charge is -2.18. The third kappa shape index (κ3) is 3.39. The molecule has 1 N–H and O–H groups in total. The lowest BCUT2D eigenvalue weighted by molar-refractivity contribution is -0.128. The molecule has 2 rings (SSSR count). The summed E-state index contributed by atoms with van der Waals surface area (Å²) in [5.74, 6) is 0.103. The number of likely N-dealkylation sites (N-methyl/N-ethyl adjacent to an activating group) is 1. The van der Waals surface area contributed by atoms with Crippen molar-refractivity contribution in [2.45, 2.75) is 18.9 Å². The molecule has 0 unspecified atom stereocenters. The zero-order valence-electron chi connectivity index (χ0n) is 9.84. The number of benzene rings is 1. The molecule has 1 amide bonds. The number of amides is 1. The third-order valence-corrected chi connectivity index (χ3v) is 4.38. The number of carbonyl (C=O) groups excluding carboxylic acids is 1. The highest BCUT2D eigenvalue weighted by Gasteiger charge is 2.29. The van der Waals surface area contributed by atoms with Gasteiger partial charge in [-0.2, -0.15) is 0 Å². The molecule has 1 aromatic rings. The van der Waals surface area contributed by atoms with E-state index in [1.54, 1.807) is 12.1 Å². The Labute approximate surface area is 128 Å². The van der Waals surface area contributed by atoms with Gasteiger partial charge in [0.25, 0.3) is 0 Å². The summed E-state index contributed by atoms with van der Waals surface area (Å²) in [5, 5.41) is 3.77. The summed E-state index contributed by atoms with van der Waals surface area (Å²) in [7, 11) is 1.85. The average Bonchev–Trinajstić information content (AvgIpc) is 3.09. The summed E-state index contributed by atoms with van der Waals surface area (Å²) in [6, 6.07) is 4.03. The first-order valence-electron chi connectivity index (χ1n) is 5.63. The van der Waals surface area contributed by atoms with Crippen LogP contribution in [0.3, 0.4) is 0 Å². The quantitative estimate of drug-likeness (QED) is 0.837. The van der Waals surface area contributed by atoms with Gasteiger partial charge in [-0.15, -0.1) is 0 Å². The number of rotatable bonds is 4. The number of carbonyl (C=O) groups is 1. The first-order valence-corrected chi connectivity index (χ1v) is 7.59. The van der Waals surface area contributed by atoms with Gasteiger partial charge in [-0.1, -0.05) is 11.6 Å². The molecule has 0 radical (unpaired) electrons. The number of hydrogen-bond acceptors (Lipinski definition) is 2. The molecule has 1 saturated carbocycles. The van der Waals surface area contributed by atoms with Crippen LogP contribution >= 0.6 is 43.5 Å². The van der Waals surface area contributed by atoms with Gasteiger partial charge in [0.1, 0.15) is 0 Å². The van der Waals surface area contributed by atoms with E-state index in [0.29, 0.717) is 11.1 Å². The molecule has 0 aromatic heterocycles. The van der Waals surface area contributed by atoms with Gasteiger partial charge in [-0.05, 0) is 56.8 Å². The second kappa shape index (κ2) is 5.80. The van der Waals surface area contributed by atoms with Crippen molar-refractivity contribution in [3.05, 3.63) is 26.1 Å². The van der Waals surface area contributed by atoms with Crippen LogP contribution in [-0.2, 0) is 4.79 Å². The second-order valence-corrected chi connectivity index (χ2v) is 6.48. The van der Waals surface area contributed by atoms with Crippen LogP contribution in [0.15, 0.2) is 21.1 Å². The van der Waals surface area contributed by atoms with E-state index in [1.807, 2.05) is 11.9 Å². The van der Waals surface area contributed by atoms with E-state index in [1.165, 1.54) is 0 Å². The molecule has 0 saturated heterocycles. The van der Waals surface area contributed by atoms with Crippen molar-refractivity contribution >= 4 is 55.1 Å². The summed E-state index contributed by atoms with van der Waals surface area (Å²) in [4.78, 5) is 13.7. The van der Waals surface area contributed by atoms with Crippen molar-refractivity contribution in [2.24, 2.45) is 0 Å². The van der Waals surface area contributed by atoms with Gasteiger partial charge in [0, 0.05) is 27.1 Å². The van der Waals surface area contributed by atoms with Crippen LogP contribution in [-0.4, -0.2) is 30.4 Å². The Bertz CT molecular complexity index is 454. The largest absolute Gasteiger partial charge is 0.374 e. The molecule has 18 heavy (non-hydrogen) atoms. The maximum atomic E-state index is 11.9. The van der Waals surface area contributed by atoms with Crippen LogP contribution < -0.4 is 5.32 Å². The van der Waals surface area contributed by atoms with Crippen LogP contribution in [0, 0.1) is 0 Å². The Morgan fingerprint density at radius 1 is 1.44 bits per heavy atom.